The van der Waals surface area contributed by atoms with E-state index in [0.29, 0.717) is 13.0 Å². The van der Waals surface area contributed by atoms with Crippen LogP contribution in [0.15, 0.2) is 72.9 Å². The molecule has 0 fully saturated rings. The van der Waals surface area contributed by atoms with Crippen LogP contribution in [0, 0.1) is 0 Å². The van der Waals surface area contributed by atoms with Crippen molar-refractivity contribution in [3.05, 3.63) is 72.9 Å². The summed E-state index contributed by atoms with van der Waals surface area (Å²) < 4.78 is 33.5. The van der Waals surface area contributed by atoms with Gasteiger partial charge in [0.2, 0.25) is 0 Å². The first-order chi connectivity index (χ1) is 28.4. The highest BCUT2D eigenvalue weighted by Gasteiger charge is 2.25. The third kappa shape index (κ3) is 45.0. The van der Waals surface area contributed by atoms with E-state index in [0.717, 1.165) is 83.5 Å². The van der Waals surface area contributed by atoms with Crippen LogP contribution in [0.2, 0.25) is 0 Å². The zero-order valence-electron chi connectivity index (χ0n) is 37.3. The molecule has 0 saturated heterocycles. The average molecular weight is 834 g/mol. The smallest absolute Gasteiger partial charge is 0.457 e. The van der Waals surface area contributed by atoms with Gasteiger partial charge in [-0.05, 0) is 64.2 Å². The van der Waals surface area contributed by atoms with Gasteiger partial charge in [-0.1, -0.05) is 196 Å². The largest absolute Gasteiger partial charge is 0.472 e. The lowest BCUT2D eigenvalue weighted by atomic mass is 10.0. The van der Waals surface area contributed by atoms with Crippen molar-refractivity contribution in [2.24, 2.45) is 5.73 Å². The molecular weight excluding hydrogens is 746 g/mol. The van der Waals surface area contributed by atoms with Gasteiger partial charge in [-0.15, -0.1) is 0 Å². The predicted molar refractivity (Wildman–Crippen MR) is 247 cm³/mol. The summed E-state index contributed by atoms with van der Waals surface area (Å²) >= 11 is 0. The van der Waals surface area contributed by atoms with Gasteiger partial charge in [0.1, 0.15) is 6.10 Å². The first kappa shape index (κ1) is 55.9. The van der Waals surface area contributed by atoms with Crippen LogP contribution in [0.1, 0.15) is 194 Å². The van der Waals surface area contributed by atoms with Crippen LogP contribution in [0.3, 0.4) is 0 Å². The monoisotopic (exact) mass is 834 g/mol. The van der Waals surface area contributed by atoms with Gasteiger partial charge in [0.15, 0.2) is 0 Å². The van der Waals surface area contributed by atoms with Crippen LogP contribution in [-0.4, -0.2) is 49.9 Å². The molecule has 0 aliphatic rings. The lowest BCUT2D eigenvalue weighted by molar-refractivity contribution is -0.154. The van der Waals surface area contributed by atoms with Gasteiger partial charge in [0.05, 0.1) is 19.8 Å². The number of hydrogen-bond donors (Lipinski definition) is 2. The molecule has 0 rings (SSSR count). The van der Waals surface area contributed by atoms with Gasteiger partial charge >= 0.3 is 13.8 Å². The van der Waals surface area contributed by atoms with Crippen molar-refractivity contribution >= 4 is 13.8 Å². The average Bonchev–Trinajstić information content (AvgIpc) is 3.21. The summed E-state index contributed by atoms with van der Waals surface area (Å²) in [4.78, 5) is 22.5. The second-order valence-corrected chi connectivity index (χ2v) is 16.7. The van der Waals surface area contributed by atoms with E-state index in [1.807, 2.05) is 0 Å². The van der Waals surface area contributed by atoms with Gasteiger partial charge in [0, 0.05) is 19.6 Å². The van der Waals surface area contributed by atoms with Crippen LogP contribution in [0.4, 0.5) is 0 Å². The molecule has 0 heterocycles. The van der Waals surface area contributed by atoms with Crippen molar-refractivity contribution in [3.63, 3.8) is 0 Å². The molecule has 9 heteroatoms. The van der Waals surface area contributed by atoms with Crippen molar-refractivity contribution in [2.45, 2.75) is 200 Å². The van der Waals surface area contributed by atoms with E-state index in [4.69, 9.17) is 24.3 Å². The van der Waals surface area contributed by atoms with E-state index in [-0.39, 0.29) is 32.3 Å². The zero-order valence-corrected chi connectivity index (χ0v) is 38.2. The molecule has 0 aromatic rings. The Bertz CT molecular complexity index is 1120. The summed E-state index contributed by atoms with van der Waals surface area (Å²) in [5.41, 5.74) is 5.37. The van der Waals surface area contributed by atoms with E-state index in [9.17, 15) is 14.3 Å². The van der Waals surface area contributed by atoms with Crippen LogP contribution >= 0.6 is 7.82 Å². The Kier molecular flexibility index (Phi) is 44.4. The molecular formula is C49H88NO7P. The SMILES string of the molecule is CC/C=C\C/C=C\C/C=C\C/C=C\C/C=C\C/C=C\CCCCCCCCCOCC(COP(=O)(O)OCCN)OC(=O)CCCCCCCCCCCCCCC. The van der Waals surface area contributed by atoms with Crippen molar-refractivity contribution in [3.8, 4) is 0 Å². The molecule has 2 atom stereocenters. The molecule has 0 saturated carbocycles. The number of nitrogens with two attached hydrogens (primary N) is 1. The zero-order chi connectivity index (χ0) is 42.3. The number of allylic oxidation sites excluding steroid dienone is 12. The molecule has 0 amide bonds. The summed E-state index contributed by atoms with van der Waals surface area (Å²) in [7, 11) is -4.28. The molecule has 0 aromatic carbocycles. The van der Waals surface area contributed by atoms with Crippen LogP contribution in [-0.2, 0) is 27.9 Å². The third-order valence-electron chi connectivity index (χ3n) is 9.64. The molecule has 8 nitrogen and oxygen atoms in total. The number of carbonyl (C=O) groups excluding carboxylic acids is 1. The Morgan fingerprint density at radius 2 is 0.966 bits per heavy atom. The van der Waals surface area contributed by atoms with E-state index in [1.165, 1.54) is 89.9 Å². The summed E-state index contributed by atoms with van der Waals surface area (Å²) in [6.45, 7) is 4.78. The second kappa shape index (κ2) is 46.0. The van der Waals surface area contributed by atoms with Crippen LogP contribution in [0.25, 0.3) is 0 Å². The number of phosphoric ester groups is 1. The molecule has 3 N–H and O–H groups in total. The molecule has 0 bridgehead atoms. The highest BCUT2D eigenvalue weighted by atomic mass is 31.2. The molecule has 0 aromatic heterocycles. The molecule has 0 aliphatic carbocycles. The predicted octanol–water partition coefficient (Wildman–Crippen LogP) is 14.3. The Morgan fingerprint density at radius 3 is 1.45 bits per heavy atom. The van der Waals surface area contributed by atoms with Gasteiger partial charge in [0.25, 0.3) is 0 Å². The normalized spacial score (nSPS) is 14.1. The Labute approximate surface area is 356 Å². The third-order valence-corrected chi connectivity index (χ3v) is 10.6. The number of rotatable bonds is 44. The molecule has 0 aliphatic heterocycles. The fourth-order valence-corrected chi connectivity index (χ4v) is 7.00. The Hall–Kier alpha value is -2.06. The fourth-order valence-electron chi connectivity index (χ4n) is 6.24. The van der Waals surface area contributed by atoms with E-state index >= 15 is 0 Å². The van der Waals surface area contributed by atoms with Crippen molar-refractivity contribution in [1.82, 2.24) is 0 Å². The topological polar surface area (TPSA) is 117 Å². The Balaban J connectivity index is 3.99. The van der Waals surface area contributed by atoms with Gasteiger partial charge in [-0.25, -0.2) is 4.57 Å². The van der Waals surface area contributed by atoms with Gasteiger partial charge in [-0.3, -0.25) is 13.8 Å². The number of esters is 1. The minimum absolute atomic E-state index is 0.0961. The molecule has 336 valence electrons. The molecule has 0 radical (unpaired) electrons. The van der Waals surface area contributed by atoms with Crippen LogP contribution in [0.5, 0.6) is 0 Å². The maximum Gasteiger partial charge on any atom is 0.472 e. The summed E-state index contributed by atoms with van der Waals surface area (Å²) in [5, 5.41) is 0. The second-order valence-electron chi connectivity index (χ2n) is 15.2. The highest BCUT2D eigenvalue weighted by Crippen LogP contribution is 2.43. The number of carbonyl (C=O) groups is 1. The molecule has 58 heavy (non-hydrogen) atoms. The number of phosphoric acid groups is 1. The van der Waals surface area contributed by atoms with Crippen molar-refractivity contribution in [2.75, 3.05) is 33.0 Å². The molecule has 2 unspecified atom stereocenters. The van der Waals surface area contributed by atoms with Gasteiger partial charge < -0.3 is 20.1 Å². The summed E-state index contributed by atoms with van der Waals surface area (Å²) in [6.07, 6.45) is 57.8. The van der Waals surface area contributed by atoms with Gasteiger partial charge in [-0.2, -0.15) is 0 Å². The quantitative estimate of drug-likeness (QED) is 0.0270. The highest BCUT2D eigenvalue weighted by molar-refractivity contribution is 7.47. The standard InChI is InChI=1S/C49H88NO7P/c1-3-5-7-9-11-13-15-17-18-19-20-21-22-23-24-25-26-27-28-29-31-33-35-37-39-41-44-54-46-48(47-56-58(52,53)55-45-43-50)57-49(51)42-40-38-36-34-32-30-16-14-12-10-8-6-4-2/h5,7,11,13,17-18,20-21,23-24,26-27,48H,3-4,6,8-10,12,14-16,19,22,25,28-47,50H2,1-2H3,(H,52,53)/b7-5-,13-11-,18-17-,21-20-,24-23-,27-26-. The number of hydrogen-bond acceptors (Lipinski definition) is 7. The van der Waals surface area contributed by atoms with E-state index in [2.05, 4.69) is 86.8 Å². The minimum Gasteiger partial charge on any atom is -0.457 e. The number of ether oxygens (including phenoxy) is 2. The first-order valence-electron chi connectivity index (χ1n) is 23.4. The van der Waals surface area contributed by atoms with Crippen molar-refractivity contribution < 1.29 is 32.8 Å². The maximum atomic E-state index is 12.6. The van der Waals surface area contributed by atoms with E-state index in [1.54, 1.807) is 0 Å². The lowest BCUT2D eigenvalue weighted by Gasteiger charge is -2.20. The van der Waals surface area contributed by atoms with Crippen molar-refractivity contribution in [1.29, 1.82) is 0 Å². The first-order valence-corrected chi connectivity index (χ1v) is 24.9. The Morgan fingerprint density at radius 1 is 0.534 bits per heavy atom. The lowest BCUT2D eigenvalue weighted by Crippen LogP contribution is -2.28. The molecule has 0 spiro atoms. The summed E-state index contributed by atoms with van der Waals surface area (Å²) in [6, 6.07) is 0. The van der Waals surface area contributed by atoms with Crippen LogP contribution < -0.4 is 5.73 Å². The van der Waals surface area contributed by atoms with E-state index < -0.39 is 13.9 Å². The maximum absolute atomic E-state index is 12.6. The minimum atomic E-state index is -4.28. The number of unbranched alkanes of at least 4 members (excludes halogenated alkanes) is 19. The fraction of sp³-hybridized carbons (Fsp3) is 0.735. The summed E-state index contributed by atoms with van der Waals surface area (Å²) in [5.74, 6) is -0.336.